The van der Waals surface area contributed by atoms with E-state index in [9.17, 15) is 9.59 Å². The van der Waals surface area contributed by atoms with Gasteiger partial charge in [-0.3, -0.25) is 4.79 Å². The number of amides is 1. The first-order chi connectivity index (χ1) is 7.54. The van der Waals surface area contributed by atoms with Crippen LogP contribution < -0.4 is 5.32 Å². The predicted octanol–water partition coefficient (Wildman–Crippen LogP) is 1.38. The highest BCUT2D eigenvalue weighted by Gasteiger charge is 2.45. The van der Waals surface area contributed by atoms with Crippen molar-refractivity contribution in [2.24, 2.45) is 0 Å². The van der Waals surface area contributed by atoms with Gasteiger partial charge in [0.1, 0.15) is 5.54 Å². The average Bonchev–Trinajstić information content (AvgIpc) is 2.61. The van der Waals surface area contributed by atoms with Crippen molar-refractivity contribution in [1.82, 2.24) is 5.32 Å². The molecule has 1 amide bonds. The van der Waals surface area contributed by atoms with E-state index in [1.54, 1.807) is 6.92 Å². The minimum atomic E-state index is -0.945. The Morgan fingerprint density at radius 3 is 2.81 bits per heavy atom. The van der Waals surface area contributed by atoms with Gasteiger partial charge in [-0.1, -0.05) is 12.2 Å². The third-order valence-corrected chi connectivity index (χ3v) is 2.94. The van der Waals surface area contributed by atoms with E-state index in [2.05, 4.69) is 11.9 Å². The van der Waals surface area contributed by atoms with Gasteiger partial charge >= 0.3 is 5.97 Å². The van der Waals surface area contributed by atoms with E-state index in [0.717, 1.165) is 5.57 Å². The van der Waals surface area contributed by atoms with Crippen molar-refractivity contribution in [2.75, 3.05) is 12.5 Å². The molecule has 0 aliphatic carbocycles. The minimum Gasteiger partial charge on any atom is -0.464 e. The second kappa shape index (κ2) is 5.34. The van der Waals surface area contributed by atoms with Crippen LogP contribution in [0.3, 0.4) is 0 Å². The molecule has 1 fully saturated rings. The Hall–Kier alpha value is -1.03. The third-order valence-electron chi connectivity index (χ3n) is 2.56. The first-order valence-electron chi connectivity index (χ1n) is 5.25. The second-order valence-corrected chi connectivity index (χ2v) is 4.18. The number of hydrogen-bond acceptors (Lipinski definition) is 3. The normalized spacial score (nSPS) is 24.0. The lowest BCUT2D eigenvalue weighted by Gasteiger charge is -2.27. The monoisotopic (exact) mass is 245 g/mol. The molecule has 1 heterocycles. The molecule has 0 radical (unpaired) electrons. The summed E-state index contributed by atoms with van der Waals surface area (Å²) in [5.41, 5.74) is -0.226. The van der Waals surface area contributed by atoms with Gasteiger partial charge in [0.25, 0.3) is 0 Å². The van der Waals surface area contributed by atoms with E-state index < -0.39 is 11.5 Å². The SMILES string of the molecule is C=C(CCl)CC1(C(=O)OCC)CCC(=O)N1. The van der Waals surface area contributed by atoms with Crippen LogP contribution in [0.4, 0.5) is 0 Å². The summed E-state index contributed by atoms with van der Waals surface area (Å²) in [6.07, 6.45) is 1.13. The number of rotatable bonds is 5. The van der Waals surface area contributed by atoms with Crippen LogP contribution in [0.1, 0.15) is 26.2 Å². The highest BCUT2D eigenvalue weighted by molar-refractivity contribution is 6.19. The van der Waals surface area contributed by atoms with Crippen LogP contribution in [0, 0.1) is 0 Å². The lowest BCUT2D eigenvalue weighted by Crippen LogP contribution is -2.50. The lowest BCUT2D eigenvalue weighted by atomic mass is 9.90. The molecule has 1 aliphatic heterocycles. The summed E-state index contributed by atoms with van der Waals surface area (Å²) in [6.45, 7) is 5.79. The van der Waals surface area contributed by atoms with Crippen molar-refractivity contribution in [3.8, 4) is 0 Å². The number of alkyl halides is 1. The van der Waals surface area contributed by atoms with Crippen LogP contribution >= 0.6 is 11.6 Å². The van der Waals surface area contributed by atoms with Crippen molar-refractivity contribution in [3.63, 3.8) is 0 Å². The number of nitrogens with one attached hydrogen (secondary N) is 1. The number of hydrogen-bond donors (Lipinski definition) is 1. The maximum absolute atomic E-state index is 11.8. The fourth-order valence-electron chi connectivity index (χ4n) is 1.82. The molecule has 1 unspecified atom stereocenters. The van der Waals surface area contributed by atoms with Gasteiger partial charge in [0.15, 0.2) is 0 Å². The molecule has 4 nitrogen and oxygen atoms in total. The molecular formula is C11H16ClNO3. The third kappa shape index (κ3) is 2.76. The zero-order valence-electron chi connectivity index (χ0n) is 9.35. The van der Waals surface area contributed by atoms with Gasteiger partial charge in [0.05, 0.1) is 6.61 Å². The molecule has 0 aromatic heterocycles. The summed E-state index contributed by atoms with van der Waals surface area (Å²) in [6, 6.07) is 0. The van der Waals surface area contributed by atoms with E-state index in [4.69, 9.17) is 16.3 Å². The zero-order chi connectivity index (χ0) is 12.2. The lowest BCUT2D eigenvalue weighted by molar-refractivity contribution is -0.151. The van der Waals surface area contributed by atoms with Gasteiger partial charge in [-0.05, 0) is 13.3 Å². The van der Waals surface area contributed by atoms with Crippen LogP contribution in [-0.4, -0.2) is 29.9 Å². The molecule has 1 N–H and O–H groups in total. The standard InChI is InChI=1S/C11H16ClNO3/c1-3-16-10(15)11(6-8(2)7-12)5-4-9(14)13-11/h2-7H2,1H3,(H,13,14). The van der Waals surface area contributed by atoms with Crippen molar-refractivity contribution in [3.05, 3.63) is 12.2 Å². The fourth-order valence-corrected chi connectivity index (χ4v) is 1.91. The van der Waals surface area contributed by atoms with Crippen LogP contribution in [-0.2, 0) is 14.3 Å². The van der Waals surface area contributed by atoms with Crippen molar-refractivity contribution in [2.45, 2.75) is 31.7 Å². The van der Waals surface area contributed by atoms with Gasteiger partial charge in [0, 0.05) is 18.7 Å². The van der Waals surface area contributed by atoms with Crippen molar-refractivity contribution < 1.29 is 14.3 Å². The summed E-state index contributed by atoms with van der Waals surface area (Å²) in [5, 5.41) is 2.68. The molecule has 0 aromatic rings. The molecule has 1 saturated heterocycles. The highest BCUT2D eigenvalue weighted by atomic mass is 35.5. The average molecular weight is 246 g/mol. The van der Waals surface area contributed by atoms with Crippen LogP contribution in [0.5, 0.6) is 0 Å². The Kier molecular flexibility index (Phi) is 4.35. The summed E-state index contributed by atoms with van der Waals surface area (Å²) < 4.78 is 4.99. The minimum absolute atomic E-state index is 0.129. The maximum atomic E-state index is 11.8. The van der Waals surface area contributed by atoms with Gasteiger partial charge < -0.3 is 10.1 Å². The molecule has 0 aromatic carbocycles. The second-order valence-electron chi connectivity index (χ2n) is 3.91. The molecule has 1 aliphatic rings. The number of halogens is 1. The quantitative estimate of drug-likeness (QED) is 0.452. The first-order valence-corrected chi connectivity index (χ1v) is 5.78. The van der Waals surface area contributed by atoms with E-state index >= 15 is 0 Å². The van der Waals surface area contributed by atoms with E-state index in [1.807, 2.05) is 0 Å². The molecule has 0 bridgehead atoms. The maximum Gasteiger partial charge on any atom is 0.332 e. The molecule has 0 saturated carbocycles. The Balaban J connectivity index is 2.81. The smallest absolute Gasteiger partial charge is 0.332 e. The van der Waals surface area contributed by atoms with E-state index in [-0.39, 0.29) is 11.8 Å². The van der Waals surface area contributed by atoms with Gasteiger partial charge in [-0.2, -0.15) is 0 Å². The number of esters is 1. The molecule has 0 spiro atoms. The number of carbonyl (C=O) groups is 2. The zero-order valence-corrected chi connectivity index (χ0v) is 10.1. The van der Waals surface area contributed by atoms with Crippen LogP contribution in [0.15, 0.2) is 12.2 Å². The van der Waals surface area contributed by atoms with Crippen LogP contribution in [0.25, 0.3) is 0 Å². The molecule has 16 heavy (non-hydrogen) atoms. The summed E-state index contributed by atoms with van der Waals surface area (Å²) in [5.74, 6) is -0.251. The van der Waals surface area contributed by atoms with Gasteiger partial charge in [0.2, 0.25) is 5.91 Å². The topological polar surface area (TPSA) is 55.4 Å². The summed E-state index contributed by atoms with van der Waals surface area (Å²) >= 11 is 5.65. The highest BCUT2D eigenvalue weighted by Crippen LogP contribution is 2.28. The number of ether oxygens (including phenoxy) is 1. The Morgan fingerprint density at radius 2 is 2.38 bits per heavy atom. The van der Waals surface area contributed by atoms with Gasteiger partial charge in [-0.25, -0.2) is 4.79 Å². The Morgan fingerprint density at radius 1 is 1.69 bits per heavy atom. The molecular weight excluding hydrogens is 230 g/mol. The van der Waals surface area contributed by atoms with Crippen molar-refractivity contribution in [1.29, 1.82) is 0 Å². The Bertz CT molecular complexity index is 316. The number of carbonyl (C=O) groups excluding carboxylic acids is 2. The predicted molar refractivity (Wildman–Crippen MR) is 61.2 cm³/mol. The van der Waals surface area contributed by atoms with Crippen molar-refractivity contribution >= 4 is 23.5 Å². The molecule has 90 valence electrons. The summed E-state index contributed by atoms with van der Waals surface area (Å²) in [7, 11) is 0. The molecule has 1 rings (SSSR count). The van der Waals surface area contributed by atoms with Gasteiger partial charge in [-0.15, -0.1) is 11.6 Å². The van der Waals surface area contributed by atoms with E-state index in [0.29, 0.717) is 25.9 Å². The van der Waals surface area contributed by atoms with Crippen LogP contribution in [0.2, 0.25) is 0 Å². The largest absolute Gasteiger partial charge is 0.464 e. The Labute approximate surface area is 100.0 Å². The molecule has 1 atom stereocenters. The fraction of sp³-hybridized carbons (Fsp3) is 0.636. The summed E-state index contributed by atoms with van der Waals surface area (Å²) in [4.78, 5) is 23.1. The van der Waals surface area contributed by atoms with E-state index in [1.165, 1.54) is 0 Å². The first kappa shape index (κ1) is 13.0. The molecule has 5 heteroatoms.